The lowest BCUT2D eigenvalue weighted by molar-refractivity contribution is 0.260. The Labute approximate surface area is 197 Å². The molecule has 4 rings (SSSR count). The van der Waals surface area contributed by atoms with Crippen molar-refractivity contribution in [3.05, 3.63) is 59.2 Å². The third kappa shape index (κ3) is 4.98. The van der Waals surface area contributed by atoms with Gasteiger partial charge in [-0.1, -0.05) is 23.0 Å². The van der Waals surface area contributed by atoms with Crippen LogP contribution in [0.25, 0.3) is 0 Å². The van der Waals surface area contributed by atoms with E-state index in [1.54, 1.807) is 24.3 Å². The summed E-state index contributed by atoms with van der Waals surface area (Å²) in [4.78, 5) is 13.7. The molecule has 0 aliphatic carbocycles. The minimum absolute atomic E-state index is 0.172. The SMILES string of the molecule is CC1(C)SC(=O)NN=C1c1ccc2c(c1)CCCN2C(=NO)c1ccc(NS(C)(=O)=O)cc1. The molecular weight excluding hydrogens is 462 g/mol. The first-order valence-electron chi connectivity index (χ1n) is 10.4. The van der Waals surface area contributed by atoms with Crippen molar-refractivity contribution in [2.45, 2.75) is 31.4 Å². The smallest absolute Gasteiger partial charge is 0.300 e. The van der Waals surface area contributed by atoms with Crippen molar-refractivity contribution in [3.63, 3.8) is 0 Å². The molecule has 0 saturated heterocycles. The standard InChI is InChI=1S/C22H25N5O4S2/c1-22(2)19(23-24-21(28)32-22)16-8-11-18-15(13-16)5-4-12-27(18)20(25-29)14-6-9-17(10-7-14)26-33(3,30)31/h6-11,13,26,29H,4-5,12H2,1-3H3,(H,24,28). The Morgan fingerprint density at radius 2 is 1.97 bits per heavy atom. The second kappa shape index (κ2) is 8.71. The molecule has 174 valence electrons. The zero-order valence-corrected chi connectivity index (χ0v) is 20.1. The van der Waals surface area contributed by atoms with Gasteiger partial charge in [0, 0.05) is 23.5 Å². The van der Waals surface area contributed by atoms with E-state index in [1.165, 1.54) is 11.8 Å². The summed E-state index contributed by atoms with van der Waals surface area (Å²) in [5, 5.41) is 17.5. The fraction of sp³-hybridized carbons (Fsp3) is 0.318. The fourth-order valence-corrected chi connectivity index (χ4v) is 5.46. The summed E-state index contributed by atoms with van der Waals surface area (Å²) in [6, 6.07) is 12.7. The van der Waals surface area contributed by atoms with Crippen LogP contribution in [0.2, 0.25) is 0 Å². The molecule has 0 unspecified atom stereocenters. The van der Waals surface area contributed by atoms with E-state index >= 15 is 0 Å². The number of sulfonamides is 1. The minimum atomic E-state index is -3.38. The highest BCUT2D eigenvalue weighted by Gasteiger charge is 2.34. The number of nitrogens with zero attached hydrogens (tertiary/aromatic N) is 3. The van der Waals surface area contributed by atoms with Crippen LogP contribution >= 0.6 is 11.8 Å². The van der Waals surface area contributed by atoms with Crippen molar-refractivity contribution in [2.75, 3.05) is 22.4 Å². The molecule has 2 aliphatic rings. The molecule has 1 amide bonds. The predicted molar refractivity (Wildman–Crippen MR) is 132 cm³/mol. The molecule has 2 aromatic rings. The molecule has 11 heteroatoms. The summed E-state index contributed by atoms with van der Waals surface area (Å²) in [7, 11) is -3.38. The molecule has 3 N–H and O–H groups in total. The van der Waals surface area contributed by atoms with E-state index < -0.39 is 14.8 Å². The maximum atomic E-state index is 11.7. The van der Waals surface area contributed by atoms with Gasteiger partial charge in [0.25, 0.3) is 5.24 Å². The average molecular weight is 488 g/mol. The highest BCUT2D eigenvalue weighted by molar-refractivity contribution is 8.15. The number of carbonyl (C=O) groups excluding carboxylic acids is 1. The van der Waals surface area contributed by atoms with Crippen LogP contribution in [0.4, 0.5) is 16.2 Å². The number of thioether (sulfide) groups is 1. The van der Waals surface area contributed by atoms with Crippen LogP contribution < -0.4 is 15.0 Å². The van der Waals surface area contributed by atoms with E-state index in [-0.39, 0.29) is 5.24 Å². The Hall–Kier alpha value is -3.05. The van der Waals surface area contributed by atoms with Gasteiger partial charge in [-0.2, -0.15) is 5.10 Å². The lowest BCUT2D eigenvalue weighted by Crippen LogP contribution is -2.39. The minimum Gasteiger partial charge on any atom is -0.409 e. The molecule has 2 aliphatic heterocycles. The van der Waals surface area contributed by atoms with Gasteiger partial charge in [0.1, 0.15) is 0 Å². The molecule has 2 heterocycles. The Morgan fingerprint density at radius 1 is 1.24 bits per heavy atom. The van der Waals surface area contributed by atoms with Gasteiger partial charge >= 0.3 is 0 Å². The van der Waals surface area contributed by atoms with Gasteiger partial charge in [0.15, 0.2) is 5.84 Å². The molecule has 9 nitrogen and oxygen atoms in total. The Morgan fingerprint density at radius 3 is 2.61 bits per heavy atom. The second-order valence-corrected chi connectivity index (χ2v) is 11.8. The first kappa shape index (κ1) is 23.1. The Balaban J connectivity index is 1.64. The number of carbonyl (C=O) groups is 1. The van der Waals surface area contributed by atoms with Crippen molar-refractivity contribution in [3.8, 4) is 0 Å². The van der Waals surface area contributed by atoms with Gasteiger partial charge in [-0.3, -0.25) is 9.52 Å². The number of amidine groups is 1. The molecule has 0 atom stereocenters. The predicted octanol–water partition coefficient (Wildman–Crippen LogP) is 3.59. The number of hydrazone groups is 1. The van der Waals surface area contributed by atoms with E-state index in [9.17, 15) is 18.4 Å². The number of hydrogen-bond donors (Lipinski definition) is 3. The van der Waals surface area contributed by atoms with Crippen LogP contribution in [0.5, 0.6) is 0 Å². The van der Waals surface area contributed by atoms with Crippen LogP contribution in [0.1, 0.15) is 37.0 Å². The quantitative estimate of drug-likeness (QED) is 0.262. The lowest BCUT2D eigenvalue weighted by atomic mass is 9.93. The van der Waals surface area contributed by atoms with Gasteiger partial charge in [-0.25, -0.2) is 13.8 Å². The first-order valence-corrected chi connectivity index (χ1v) is 13.1. The first-order chi connectivity index (χ1) is 15.6. The van der Waals surface area contributed by atoms with Crippen molar-refractivity contribution >= 4 is 49.9 Å². The third-order valence-electron chi connectivity index (χ3n) is 5.45. The summed E-state index contributed by atoms with van der Waals surface area (Å²) in [5.41, 5.74) is 7.41. The fourth-order valence-electron chi connectivity index (χ4n) is 4.08. The van der Waals surface area contributed by atoms with Crippen LogP contribution in [0.15, 0.2) is 52.7 Å². The number of nitrogens with one attached hydrogen (secondary N) is 2. The maximum absolute atomic E-state index is 11.7. The van der Waals surface area contributed by atoms with E-state index in [0.717, 1.165) is 41.6 Å². The van der Waals surface area contributed by atoms with Crippen molar-refractivity contribution in [1.82, 2.24) is 5.43 Å². The number of oxime groups is 1. The number of amides is 1. The summed E-state index contributed by atoms with van der Waals surface area (Å²) < 4.78 is 24.9. The van der Waals surface area contributed by atoms with Gasteiger partial charge in [0.05, 0.1) is 16.7 Å². The molecule has 0 aromatic heterocycles. The highest BCUT2D eigenvalue weighted by atomic mass is 32.2. The zero-order chi connectivity index (χ0) is 23.8. The largest absolute Gasteiger partial charge is 0.409 e. The number of fused-ring (bicyclic) bond motifs is 1. The molecule has 0 bridgehead atoms. The van der Waals surface area contributed by atoms with E-state index in [0.29, 0.717) is 23.6 Å². The summed E-state index contributed by atoms with van der Waals surface area (Å²) in [5.74, 6) is 0.382. The van der Waals surface area contributed by atoms with Crippen molar-refractivity contribution in [1.29, 1.82) is 0 Å². The summed E-state index contributed by atoms with van der Waals surface area (Å²) in [6.07, 6.45) is 2.82. The topological polar surface area (TPSA) is 123 Å². The summed E-state index contributed by atoms with van der Waals surface area (Å²) >= 11 is 1.21. The highest BCUT2D eigenvalue weighted by Crippen LogP contribution is 2.35. The van der Waals surface area contributed by atoms with Crippen LogP contribution in [-0.2, 0) is 16.4 Å². The molecule has 0 radical (unpaired) electrons. The molecule has 0 spiro atoms. The van der Waals surface area contributed by atoms with Crippen LogP contribution in [0.3, 0.4) is 0 Å². The van der Waals surface area contributed by atoms with E-state index in [4.69, 9.17) is 0 Å². The Bertz CT molecular complexity index is 1250. The van der Waals surface area contributed by atoms with Crippen LogP contribution in [0, 0.1) is 0 Å². The van der Waals surface area contributed by atoms with Gasteiger partial charge in [0.2, 0.25) is 10.0 Å². The molecular formula is C22H25N5O4S2. The number of rotatable bonds is 4. The van der Waals surface area contributed by atoms with Crippen LogP contribution in [-0.4, -0.2) is 48.0 Å². The number of benzene rings is 2. The molecule has 33 heavy (non-hydrogen) atoms. The third-order valence-corrected chi connectivity index (χ3v) is 7.03. The monoisotopic (exact) mass is 487 g/mol. The van der Waals surface area contributed by atoms with E-state index in [1.807, 2.05) is 30.9 Å². The van der Waals surface area contributed by atoms with Gasteiger partial charge in [-0.05, 0) is 74.2 Å². The molecule has 2 aromatic carbocycles. The Kier molecular flexibility index (Phi) is 6.10. The maximum Gasteiger partial charge on any atom is 0.300 e. The number of hydrogen-bond acceptors (Lipinski definition) is 7. The molecule has 0 fully saturated rings. The lowest BCUT2D eigenvalue weighted by Gasteiger charge is -2.33. The second-order valence-electron chi connectivity index (χ2n) is 8.45. The number of anilines is 2. The average Bonchev–Trinajstić information content (AvgIpc) is 2.73. The molecule has 0 saturated carbocycles. The van der Waals surface area contributed by atoms with Gasteiger partial charge < -0.3 is 10.1 Å². The normalized spacial score (nSPS) is 18.3. The van der Waals surface area contributed by atoms with Crippen molar-refractivity contribution in [2.24, 2.45) is 10.3 Å². The van der Waals surface area contributed by atoms with Gasteiger partial charge in [-0.15, -0.1) is 0 Å². The van der Waals surface area contributed by atoms with E-state index in [2.05, 4.69) is 26.5 Å². The number of aryl methyl sites for hydroxylation is 1. The zero-order valence-electron chi connectivity index (χ0n) is 18.5. The summed E-state index contributed by atoms with van der Waals surface area (Å²) in [6.45, 7) is 4.62. The van der Waals surface area contributed by atoms with Crippen molar-refractivity contribution < 1.29 is 18.4 Å².